The molecule has 0 aliphatic carbocycles. The first-order valence-electron chi connectivity index (χ1n) is 3.00. The van der Waals surface area contributed by atoms with Crippen LogP contribution in [0.1, 0.15) is 0 Å². The van der Waals surface area contributed by atoms with Crippen LogP contribution in [0.2, 0.25) is 0 Å². The van der Waals surface area contributed by atoms with Crippen molar-refractivity contribution in [1.29, 1.82) is 0 Å². The molecule has 0 aliphatic rings. The van der Waals surface area contributed by atoms with E-state index in [1.54, 1.807) is 0 Å². The summed E-state index contributed by atoms with van der Waals surface area (Å²) < 4.78 is 20.7. The summed E-state index contributed by atoms with van der Waals surface area (Å²) in [5.41, 5.74) is -0.115. The Morgan fingerprint density at radius 3 is 1.92 bits per heavy atom. The fraction of sp³-hybridized carbons (Fsp3) is 0. The van der Waals surface area contributed by atoms with Gasteiger partial charge in [0.15, 0.2) is 10.7 Å². The van der Waals surface area contributed by atoms with Gasteiger partial charge in [-0.25, -0.2) is 8.42 Å². The molecule has 0 saturated carbocycles. The van der Waals surface area contributed by atoms with E-state index < -0.39 is 15.6 Å². The second kappa shape index (κ2) is 5.33. The molecule has 0 aliphatic heterocycles. The van der Waals surface area contributed by atoms with Gasteiger partial charge in [0.05, 0.1) is 9.82 Å². The Hall–Kier alpha value is -0.430. The maximum absolute atomic E-state index is 10.3. The molecule has 66 valence electrons. The molecule has 0 bridgehead atoms. The molecule has 1 aromatic carbocycles. The summed E-state index contributed by atoms with van der Waals surface area (Å²) in [5, 5.41) is 10.1. The van der Waals surface area contributed by atoms with Crippen molar-refractivity contribution in [2.75, 3.05) is 0 Å². The van der Waals surface area contributed by atoms with Crippen molar-refractivity contribution < 1.29 is 13.3 Å². The Labute approximate surface area is 98.2 Å². The van der Waals surface area contributed by atoms with Crippen molar-refractivity contribution in [1.82, 2.24) is 0 Å². The van der Waals surface area contributed by atoms with Gasteiger partial charge < -0.3 is 0 Å². The van der Waals surface area contributed by atoms with Crippen LogP contribution < -0.4 is 0 Å². The van der Waals surface area contributed by atoms with Crippen molar-refractivity contribution in [2.45, 2.75) is 4.90 Å². The number of hydrogen-bond donors (Lipinski definition) is 1. The number of benzene rings is 1. The van der Waals surface area contributed by atoms with E-state index in [4.69, 9.17) is 0 Å². The van der Waals surface area contributed by atoms with Gasteiger partial charge in [-0.1, -0.05) is 0 Å². The van der Waals surface area contributed by atoms with Gasteiger partial charge in [0.2, 0.25) is 0 Å². The SMILES string of the molecule is O=[N+]([O-])c1ccc([SH](=O)=O)cc1.[NaH]. The average Bonchev–Trinajstić information content (AvgIpc) is 2.04. The Balaban J connectivity index is 0.00000144. The molecular formula is C6H6NNaO4S. The van der Waals surface area contributed by atoms with E-state index in [9.17, 15) is 18.5 Å². The van der Waals surface area contributed by atoms with Crippen LogP contribution in [0.4, 0.5) is 5.69 Å². The van der Waals surface area contributed by atoms with Crippen LogP contribution in [0.15, 0.2) is 29.2 Å². The fourth-order valence-electron chi connectivity index (χ4n) is 0.696. The zero-order chi connectivity index (χ0) is 9.14. The Bertz CT molecular complexity index is 365. The molecule has 0 N–H and O–H groups in total. The van der Waals surface area contributed by atoms with Crippen molar-refractivity contribution in [2.24, 2.45) is 0 Å². The van der Waals surface area contributed by atoms with E-state index in [0.717, 1.165) is 12.1 Å². The number of nitrogens with zero attached hydrogens (tertiary/aromatic N) is 1. The molecule has 0 heterocycles. The molecule has 0 amide bonds. The third kappa shape index (κ3) is 3.43. The molecule has 13 heavy (non-hydrogen) atoms. The molecule has 7 heteroatoms. The van der Waals surface area contributed by atoms with Crippen molar-refractivity contribution in [3.8, 4) is 0 Å². The molecule has 5 nitrogen and oxygen atoms in total. The molecule has 0 saturated heterocycles. The molecule has 1 aromatic rings. The first kappa shape index (κ1) is 12.6. The molecule has 0 radical (unpaired) electrons. The fourth-order valence-corrected chi connectivity index (χ4v) is 1.09. The van der Waals surface area contributed by atoms with Gasteiger partial charge in [-0.05, 0) is 12.1 Å². The van der Waals surface area contributed by atoms with Crippen LogP contribution in [0.5, 0.6) is 0 Å². The number of non-ortho nitro benzene ring substituents is 1. The normalized spacial score (nSPS) is 9.31. The van der Waals surface area contributed by atoms with Gasteiger partial charge in [-0.15, -0.1) is 0 Å². The van der Waals surface area contributed by atoms with Crippen molar-refractivity contribution in [3.63, 3.8) is 0 Å². The molecule has 1 rings (SSSR count). The third-order valence-electron chi connectivity index (χ3n) is 1.27. The van der Waals surface area contributed by atoms with Gasteiger partial charge in [-0.2, -0.15) is 0 Å². The summed E-state index contributed by atoms with van der Waals surface area (Å²) in [5.74, 6) is 0. The quantitative estimate of drug-likeness (QED) is 0.321. The van der Waals surface area contributed by atoms with E-state index in [1.165, 1.54) is 12.1 Å². The van der Waals surface area contributed by atoms with Crippen molar-refractivity contribution in [3.05, 3.63) is 34.4 Å². The summed E-state index contributed by atoms with van der Waals surface area (Å²) in [7, 11) is -2.65. The van der Waals surface area contributed by atoms with Crippen LogP contribution in [-0.4, -0.2) is 42.9 Å². The Morgan fingerprint density at radius 1 is 1.15 bits per heavy atom. The predicted molar refractivity (Wildman–Crippen MR) is 48.8 cm³/mol. The first-order valence-corrected chi connectivity index (χ1v) is 4.18. The zero-order valence-electron chi connectivity index (χ0n) is 5.84. The van der Waals surface area contributed by atoms with E-state index in [1.807, 2.05) is 0 Å². The summed E-state index contributed by atoms with van der Waals surface area (Å²) >= 11 is 0. The summed E-state index contributed by atoms with van der Waals surface area (Å²) in [6, 6.07) is 4.70. The number of hydrogen-bond acceptors (Lipinski definition) is 4. The molecule has 0 fully saturated rings. The summed E-state index contributed by atoms with van der Waals surface area (Å²) in [6.45, 7) is 0. The third-order valence-corrected chi connectivity index (χ3v) is 1.99. The topological polar surface area (TPSA) is 77.3 Å². The Kier molecular flexibility index (Phi) is 5.16. The predicted octanol–water partition coefficient (Wildman–Crippen LogP) is -0.0834. The summed E-state index contributed by atoms with van der Waals surface area (Å²) in [4.78, 5) is 9.63. The molecule has 0 aromatic heterocycles. The van der Waals surface area contributed by atoms with Crippen LogP contribution in [0.25, 0.3) is 0 Å². The van der Waals surface area contributed by atoms with E-state index in [2.05, 4.69) is 0 Å². The van der Waals surface area contributed by atoms with Gasteiger partial charge in [-0.3, -0.25) is 10.1 Å². The van der Waals surface area contributed by atoms with E-state index in [0.29, 0.717) is 0 Å². The van der Waals surface area contributed by atoms with Crippen LogP contribution in [0.3, 0.4) is 0 Å². The Morgan fingerprint density at radius 2 is 1.62 bits per heavy atom. The minimum atomic E-state index is -2.65. The molecule has 0 atom stereocenters. The molecule has 0 spiro atoms. The number of thiol groups is 1. The van der Waals surface area contributed by atoms with Crippen LogP contribution >= 0.6 is 0 Å². The van der Waals surface area contributed by atoms with Gasteiger partial charge in [0.1, 0.15) is 0 Å². The van der Waals surface area contributed by atoms with E-state index >= 15 is 0 Å². The standard InChI is InChI=1S/C6H5NO4S.Na.H/c8-7(9)5-1-3-6(4-2-5)12(10)11;;/h1-4,12H;;. The van der Waals surface area contributed by atoms with Gasteiger partial charge >= 0.3 is 29.6 Å². The molecule has 0 unspecified atom stereocenters. The number of rotatable bonds is 2. The minimum absolute atomic E-state index is 0. The monoisotopic (exact) mass is 211 g/mol. The number of nitro groups is 1. The van der Waals surface area contributed by atoms with Crippen LogP contribution in [-0.2, 0) is 10.7 Å². The van der Waals surface area contributed by atoms with Crippen molar-refractivity contribution >= 4 is 45.9 Å². The summed E-state index contributed by atoms with van der Waals surface area (Å²) in [6.07, 6.45) is 0. The van der Waals surface area contributed by atoms with Gasteiger partial charge in [0, 0.05) is 12.1 Å². The zero-order valence-corrected chi connectivity index (χ0v) is 6.73. The molecular weight excluding hydrogens is 205 g/mol. The van der Waals surface area contributed by atoms with Crippen LogP contribution in [0, 0.1) is 10.1 Å². The van der Waals surface area contributed by atoms with E-state index in [-0.39, 0.29) is 40.1 Å². The second-order valence-corrected chi connectivity index (χ2v) is 3.06. The average molecular weight is 211 g/mol. The maximum atomic E-state index is 10.3. The van der Waals surface area contributed by atoms with Gasteiger partial charge in [0.25, 0.3) is 5.69 Å². The first-order chi connectivity index (χ1) is 5.61. The second-order valence-electron chi connectivity index (χ2n) is 2.03. The number of nitro benzene ring substituents is 1.